The predicted molar refractivity (Wildman–Crippen MR) is 83.5 cm³/mol. The summed E-state index contributed by atoms with van der Waals surface area (Å²) in [5.41, 5.74) is 1.10. The van der Waals surface area contributed by atoms with Gasteiger partial charge in [-0.2, -0.15) is 6.41 Å². The molecule has 25 heavy (non-hydrogen) atoms. The van der Waals surface area contributed by atoms with Crippen molar-refractivity contribution in [3.63, 3.8) is 0 Å². The summed E-state index contributed by atoms with van der Waals surface area (Å²) in [6, 6.07) is 9.97. The van der Waals surface area contributed by atoms with E-state index in [9.17, 15) is 9.59 Å². The van der Waals surface area contributed by atoms with Crippen LogP contribution in [0, 0.1) is 20.0 Å². The van der Waals surface area contributed by atoms with Crippen molar-refractivity contribution in [2.75, 3.05) is 0 Å². The first-order valence-electron chi connectivity index (χ1n) is 6.92. The first-order valence-corrected chi connectivity index (χ1v) is 6.92. The Hall–Kier alpha value is -1.90. The van der Waals surface area contributed by atoms with E-state index in [1.165, 1.54) is 0 Å². The van der Waals surface area contributed by atoms with E-state index in [4.69, 9.17) is 14.0 Å². The Labute approximate surface area is 159 Å². The molecule has 0 aliphatic heterocycles. The molecular weight excluding hydrogens is 366 g/mol. The molecule has 1 unspecified atom stereocenters. The summed E-state index contributed by atoms with van der Waals surface area (Å²) in [5, 5.41) is 0. The molecule has 0 aliphatic rings. The predicted octanol–water partition coefficient (Wildman–Crippen LogP) is 2.59. The summed E-state index contributed by atoms with van der Waals surface area (Å²) in [4.78, 5) is 23.5. The Kier molecular flexibility index (Phi) is 30.1. The second-order valence-corrected chi connectivity index (χ2v) is 4.65. The smallest absolute Gasteiger partial charge is 2.00 e. The molecule has 1 aromatic rings. The third kappa shape index (κ3) is 18.3. The van der Waals surface area contributed by atoms with E-state index >= 15 is 0 Å². The van der Waals surface area contributed by atoms with Crippen LogP contribution in [-0.2, 0) is 47.2 Å². The summed E-state index contributed by atoms with van der Waals surface area (Å²) in [6.07, 6.45) is 4.23. The number of hydrogen-bond acceptors (Lipinski definition) is 2. The van der Waals surface area contributed by atoms with E-state index < -0.39 is 0 Å². The number of amides is 1. The van der Waals surface area contributed by atoms with Gasteiger partial charge in [0.15, 0.2) is 0 Å². The van der Waals surface area contributed by atoms with Crippen LogP contribution in [0.4, 0.5) is 0 Å². The second kappa shape index (κ2) is 24.4. The molecule has 1 amide bonds. The van der Waals surface area contributed by atoms with Crippen molar-refractivity contribution in [2.24, 2.45) is 0 Å². The summed E-state index contributed by atoms with van der Waals surface area (Å²) in [5.74, 6) is 0.201. The Morgan fingerprint density at radius 2 is 1.60 bits per heavy atom. The fourth-order valence-electron chi connectivity index (χ4n) is 1.86. The largest absolute Gasteiger partial charge is 2.00 e. The quantitative estimate of drug-likeness (QED) is 0.297. The number of Topliss-reactive ketones (excluding diaryl/α,β-unsaturated/α-hetero) is 1. The van der Waals surface area contributed by atoms with Gasteiger partial charge in [0, 0.05) is 13.0 Å². The molecule has 0 bridgehead atoms. The Balaban J connectivity index is -0.000000284. The average Bonchev–Trinajstić information content (AvgIpc) is 2.65. The number of ketones is 1. The molecule has 0 aliphatic carbocycles. The SMILES string of the molecule is CC(=O)CCCC(C)N([C-]=O)Cc1ccccc1.[C-]#[O+].[C-]#[O+].[C-]#[O+].[Fe+2]. The molecule has 6 nitrogen and oxygen atoms in total. The maximum atomic E-state index is 11.0. The van der Waals surface area contributed by atoms with Crippen LogP contribution >= 0.6 is 0 Å². The number of nitrogens with zero attached hydrogens (tertiary/aromatic N) is 1. The van der Waals surface area contributed by atoms with Crippen molar-refractivity contribution in [2.45, 2.75) is 45.7 Å². The van der Waals surface area contributed by atoms with Crippen molar-refractivity contribution in [3.8, 4) is 0 Å². The van der Waals surface area contributed by atoms with Gasteiger partial charge in [0.25, 0.3) is 0 Å². The molecule has 7 heteroatoms. The van der Waals surface area contributed by atoms with Gasteiger partial charge < -0.3 is 14.5 Å². The van der Waals surface area contributed by atoms with Gasteiger partial charge in [-0.1, -0.05) is 30.3 Å². The van der Waals surface area contributed by atoms with Crippen LogP contribution in [0.15, 0.2) is 30.3 Å². The van der Waals surface area contributed by atoms with Crippen LogP contribution in [0.25, 0.3) is 0 Å². The van der Waals surface area contributed by atoms with Gasteiger partial charge in [-0.15, -0.1) is 0 Å². The standard InChI is InChI=1S/C15H20NO2.3CO.Fe/c1-13(7-6-8-14(2)18)16(12-17)11-15-9-4-3-5-10-15;3*1-2;/h3-5,9-10,13H,6-8,11H2,1-2H3;;;;/q-1;;;;+2. The first-order chi connectivity index (χ1) is 11.6. The van der Waals surface area contributed by atoms with Crippen LogP contribution in [0.5, 0.6) is 0 Å². The number of rotatable bonds is 8. The Morgan fingerprint density at radius 1 is 1.12 bits per heavy atom. The van der Waals surface area contributed by atoms with Gasteiger partial charge >= 0.3 is 51.0 Å². The van der Waals surface area contributed by atoms with E-state index in [0.717, 1.165) is 18.4 Å². The molecule has 0 heterocycles. The maximum Gasteiger partial charge on any atom is 2.00 e. The first kappa shape index (κ1) is 30.9. The zero-order chi connectivity index (χ0) is 19.4. The molecule has 1 rings (SSSR count). The van der Waals surface area contributed by atoms with Crippen LogP contribution in [0.2, 0.25) is 0 Å². The molecule has 0 saturated carbocycles. The van der Waals surface area contributed by atoms with Crippen LogP contribution < -0.4 is 0 Å². The number of benzene rings is 1. The second-order valence-electron chi connectivity index (χ2n) is 4.65. The maximum absolute atomic E-state index is 11.0. The summed E-state index contributed by atoms with van der Waals surface area (Å²) in [7, 11) is 0. The zero-order valence-corrected chi connectivity index (χ0v) is 15.2. The molecule has 1 atom stereocenters. The van der Waals surface area contributed by atoms with E-state index in [1.807, 2.05) is 43.7 Å². The molecule has 0 radical (unpaired) electrons. The van der Waals surface area contributed by atoms with Crippen LogP contribution in [0.1, 0.15) is 38.7 Å². The minimum atomic E-state index is 0. The zero-order valence-electron chi connectivity index (χ0n) is 14.1. The minimum Gasteiger partial charge on any atom is 2.00 e. The molecule has 0 N–H and O–H groups in total. The molecule has 0 spiro atoms. The van der Waals surface area contributed by atoms with Crippen LogP contribution in [-0.4, -0.2) is 23.1 Å². The Morgan fingerprint density at radius 3 is 2.00 bits per heavy atom. The number of hydrogen-bond donors (Lipinski definition) is 0. The molecule has 0 saturated heterocycles. The van der Waals surface area contributed by atoms with Gasteiger partial charge in [0.2, 0.25) is 0 Å². The van der Waals surface area contributed by atoms with Gasteiger partial charge in [-0.25, -0.2) is 0 Å². The van der Waals surface area contributed by atoms with Crippen molar-refractivity contribution < 1.29 is 40.6 Å². The van der Waals surface area contributed by atoms with Crippen molar-refractivity contribution in [3.05, 3.63) is 55.8 Å². The van der Waals surface area contributed by atoms with Gasteiger partial charge in [-0.05, 0) is 38.3 Å². The van der Waals surface area contributed by atoms with Crippen molar-refractivity contribution in [1.29, 1.82) is 0 Å². The minimum absolute atomic E-state index is 0. The van der Waals surface area contributed by atoms with E-state index in [0.29, 0.717) is 13.0 Å². The van der Waals surface area contributed by atoms with E-state index in [2.05, 4.69) is 20.0 Å². The Bertz CT molecular complexity index is 485. The molecule has 1 aromatic carbocycles. The van der Waals surface area contributed by atoms with Gasteiger partial charge in [0.05, 0.1) is 0 Å². The average molecular weight is 386 g/mol. The molecule has 134 valence electrons. The topological polar surface area (TPSA) is 97.1 Å². The van der Waals surface area contributed by atoms with Crippen molar-refractivity contribution >= 4 is 12.2 Å². The molecular formula is C18H20FeNO5+. The molecule has 0 fully saturated rings. The third-order valence-electron chi connectivity index (χ3n) is 3.00. The summed E-state index contributed by atoms with van der Waals surface area (Å²) in [6.45, 7) is 17.7. The monoisotopic (exact) mass is 386 g/mol. The van der Waals surface area contributed by atoms with Gasteiger partial charge in [-0.3, -0.25) is 0 Å². The van der Waals surface area contributed by atoms with Gasteiger partial charge in [0.1, 0.15) is 5.78 Å². The third-order valence-corrected chi connectivity index (χ3v) is 3.00. The summed E-state index contributed by atoms with van der Waals surface area (Å²) >= 11 is 0. The fraction of sp³-hybridized carbons (Fsp3) is 0.389. The summed E-state index contributed by atoms with van der Waals surface area (Å²) < 4.78 is 22.5. The normalized spacial score (nSPS) is 8.80. The number of carbonyl (C=O) groups excluding carboxylic acids is 2. The molecule has 0 aromatic heterocycles. The van der Waals surface area contributed by atoms with E-state index in [-0.39, 0.29) is 28.9 Å². The van der Waals surface area contributed by atoms with Crippen LogP contribution in [0.3, 0.4) is 0 Å². The number of carbonyl (C=O) groups is 1. The van der Waals surface area contributed by atoms with Crippen molar-refractivity contribution in [1.82, 2.24) is 4.90 Å². The van der Waals surface area contributed by atoms with E-state index in [1.54, 1.807) is 11.8 Å². The fourth-order valence-corrected chi connectivity index (χ4v) is 1.86.